The molecule has 0 aromatic heterocycles. The summed E-state index contributed by atoms with van der Waals surface area (Å²) in [5, 5.41) is 3.71. The van der Waals surface area contributed by atoms with E-state index in [-0.39, 0.29) is 0 Å². The Labute approximate surface area is 106 Å². The Balaban J connectivity index is 1.89. The zero-order chi connectivity index (χ0) is 12.3. The third kappa shape index (κ3) is 3.67. The summed E-state index contributed by atoms with van der Waals surface area (Å²) < 4.78 is 5.71. The van der Waals surface area contributed by atoms with Gasteiger partial charge in [0.05, 0.1) is 6.10 Å². The van der Waals surface area contributed by atoms with Crippen molar-refractivity contribution in [2.45, 2.75) is 52.2 Å². The lowest BCUT2D eigenvalue weighted by Crippen LogP contribution is -2.53. The molecule has 3 heteroatoms. The van der Waals surface area contributed by atoms with Crippen LogP contribution in [0.3, 0.4) is 0 Å². The minimum absolute atomic E-state index is 0.393. The van der Waals surface area contributed by atoms with Crippen molar-refractivity contribution in [1.82, 2.24) is 10.2 Å². The molecule has 3 nitrogen and oxygen atoms in total. The lowest BCUT2D eigenvalue weighted by molar-refractivity contribution is 0.0599. The predicted molar refractivity (Wildman–Crippen MR) is 71.3 cm³/mol. The van der Waals surface area contributed by atoms with Gasteiger partial charge in [0.1, 0.15) is 0 Å². The summed E-state index contributed by atoms with van der Waals surface area (Å²) in [4.78, 5) is 2.59. The van der Waals surface area contributed by atoms with Crippen molar-refractivity contribution in [3.63, 3.8) is 0 Å². The monoisotopic (exact) mass is 240 g/mol. The fraction of sp³-hybridized carbons (Fsp3) is 1.00. The second kappa shape index (κ2) is 5.68. The molecule has 2 fully saturated rings. The molecule has 0 aliphatic carbocycles. The third-order valence-corrected chi connectivity index (χ3v) is 4.31. The van der Waals surface area contributed by atoms with Crippen LogP contribution in [0.15, 0.2) is 0 Å². The van der Waals surface area contributed by atoms with Gasteiger partial charge in [-0.15, -0.1) is 0 Å². The van der Waals surface area contributed by atoms with Crippen LogP contribution < -0.4 is 5.32 Å². The fourth-order valence-corrected chi connectivity index (χ4v) is 3.09. The second-order valence-corrected chi connectivity index (χ2v) is 6.39. The first-order valence-corrected chi connectivity index (χ1v) is 7.15. The molecular formula is C14H28N2O. The first kappa shape index (κ1) is 13.3. The van der Waals surface area contributed by atoms with E-state index in [1.165, 1.54) is 38.9 Å². The SMILES string of the molecule is CC1CN(CC2NCCCC2(C)C)CCCO1. The summed E-state index contributed by atoms with van der Waals surface area (Å²) in [6.45, 7) is 12.6. The van der Waals surface area contributed by atoms with Crippen LogP contribution in [0.5, 0.6) is 0 Å². The van der Waals surface area contributed by atoms with E-state index < -0.39 is 0 Å². The summed E-state index contributed by atoms with van der Waals surface area (Å²) in [7, 11) is 0. The number of nitrogens with zero attached hydrogens (tertiary/aromatic N) is 1. The molecule has 0 radical (unpaired) electrons. The summed E-state index contributed by atoms with van der Waals surface area (Å²) in [5.41, 5.74) is 0.439. The van der Waals surface area contributed by atoms with Crippen LogP contribution >= 0.6 is 0 Å². The molecule has 0 bridgehead atoms. The van der Waals surface area contributed by atoms with Crippen LogP contribution in [-0.4, -0.2) is 49.8 Å². The molecule has 2 saturated heterocycles. The Morgan fingerprint density at radius 2 is 2.18 bits per heavy atom. The van der Waals surface area contributed by atoms with E-state index in [0.717, 1.165) is 13.2 Å². The summed E-state index contributed by atoms with van der Waals surface area (Å²) in [6, 6.07) is 0.640. The van der Waals surface area contributed by atoms with Crippen molar-refractivity contribution in [1.29, 1.82) is 0 Å². The Bertz CT molecular complexity index is 242. The van der Waals surface area contributed by atoms with Gasteiger partial charge < -0.3 is 10.1 Å². The molecule has 2 rings (SSSR count). The van der Waals surface area contributed by atoms with Crippen LogP contribution in [0, 0.1) is 5.41 Å². The van der Waals surface area contributed by atoms with Gasteiger partial charge in [0.15, 0.2) is 0 Å². The second-order valence-electron chi connectivity index (χ2n) is 6.39. The standard InChI is InChI=1S/C14H28N2O/c1-12-10-16(8-5-9-17-12)11-13-14(2,3)6-4-7-15-13/h12-13,15H,4-11H2,1-3H3. The highest BCUT2D eigenvalue weighted by atomic mass is 16.5. The minimum atomic E-state index is 0.393. The first-order valence-electron chi connectivity index (χ1n) is 7.15. The van der Waals surface area contributed by atoms with Crippen LogP contribution in [-0.2, 0) is 4.74 Å². The molecular weight excluding hydrogens is 212 g/mol. The maximum atomic E-state index is 5.71. The number of hydrogen-bond acceptors (Lipinski definition) is 3. The van der Waals surface area contributed by atoms with Gasteiger partial charge in [-0.1, -0.05) is 13.8 Å². The summed E-state index contributed by atoms with van der Waals surface area (Å²) in [5.74, 6) is 0. The minimum Gasteiger partial charge on any atom is -0.377 e. The van der Waals surface area contributed by atoms with E-state index in [2.05, 4.69) is 31.0 Å². The van der Waals surface area contributed by atoms with Crippen LogP contribution in [0.4, 0.5) is 0 Å². The summed E-state index contributed by atoms with van der Waals surface area (Å²) >= 11 is 0. The number of nitrogens with one attached hydrogen (secondary N) is 1. The first-order chi connectivity index (χ1) is 8.08. The third-order valence-electron chi connectivity index (χ3n) is 4.31. The quantitative estimate of drug-likeness (QED) is 0.797. The zero-order valence-corrected chi connectivity index (χ0v) is 11.7. The molecule has 2 aliphatic rings. The van der Waals surface area contributed by atoms with Crippen LogP contribution in [0.25, 0.3) is 0 Å². The van der Waals surface area contributed by atoms with E-state index in [1.54, 1.807) is 0 Å². The Kier molecular flexibility index (Phi) is 4.45. The lowest BCUT2D eigenvalue weighted by atomic mass is 9.77. The molecule has 17 heavy (non-hydrogen) atoms. The lowest BCUT2D eigenvalue weighted by Gasteiger charge is -2.42. The number of rotatable bonds is 2. The topological polar surface area (TPSA) is 24.5 Å². The highest BCUT2D eigenvalue weighted by Gasteiger charge is 2.33. The molecule has 2 aliphatic heterocycles. The average Bonchev–Trinajstić information content (AvgIpc) is 2.46. The maximum Gasteiger partial charge on any atom is 0.0673 e. The van der Waals surface area contributed by atoms with Gasteiger partial charge in [0.2, 0.25) is 0 Å². The molecule has 0 spiro atoms. The van der Waals surface area contributed by atoms with E-state index in [0.29, 0.717) is 17.6 Å². The fourth-order valence-electron chi connectivity index (χ4n) is 3.09. The van der Waals surface area contributed by atoms with Gasteiger partial charge in [-0.3, -0.25) is 4.90 Å². The number of ether oxygens (including phenoxy) is 1. The van der Waals surface area contributed by atoms with E-state index in [1.807, 2.05) is 0 Å². The van der Waals surface area contributed by atoms with Gasteiger partial charge in [-0.05, 0) is 38.1 Å². The van der Waals surface area contributed by atoms with Crippen molar-refractivity contribution in [3.05, 3.63) is 0 Å². The van der Waals surface area contributed by atoms with Crippen molar-refractivity contribution in [2.24, 2.45) is 5.41 Å². The largest absolute Gasteiger partial charge is 0.377 e. The van der Waals surface area contributed by atoms with Crippen molar-refractivity contribution in [3.8, 4) is 0 Å². The summed E-state index contributed by atoms with van der Waals surface area (Å²) in [6.07, 6.45) is 4.25. The van der Waals surface area contributed by atoms with Gasteiger partial charge in [0.25, 0.3) is 0 Å². The molecule has 0 amide bonds. The molecule has 2 heterocycles. The molecule has 0 aromatic rings. The Morgan fingerprint density at radius 1 is 1.35 bits per heavy atom. The van der Waals surface area contributed by atoms with Crippen molar-refractivity contribution < 1.29 is 4.74 Å². The van der Waals surface area contributed by atoms with Gasteiger partial charge >= 0.3 is 0 Å². The predicted octanol–water partition coefficient (Wildman–Crippen LogP) is 1.88. The van der Waals surface area contributed by atoms with Crippen LogP contribution in [0.2, 0.25) is 0 Å². The van der Waals surface area contributed by atoms with Gasteiger partial charge in [-0.25, -0.2) is 0 Å². The Morgan fingerprint density at radius 3 is 2.94 bits per heavy atom. The van der Waals surface area contributed by atoms with E-state index in [4.69, 9.17) is 4.74 Å². The van der Waals surface area contributed by atoms with E-state index >= 15 is 0 Å². The molecule has 0 saturated carbocycles. The number of piperidine rings is 1. The van der Waals surface area contributed by atoms with Crippen molar-refractivity contribution >= 4 is 0 Å². The van der Waals surface area contributed by atoms with E-state index in [9.17, 15) is 0 Å². The molecule has 2 atom stereocenters. The molecule has 2 unspecified atom stereocenters. The molecule has 1 N–H and O–H groups in total. The van der Waals surface area contributed by atoms with Crippen LogP contribution in [0.1, 0.15) is 40.0 Å². The highest BCUT2D eigenvalue weighted by Crippen LogP contribution is 2.30. The van der Waals surface area contributed by atoms with Crippen molar-refractivity contribution in [2.75, 3.05) is 32.8 Å². The van der Waals surface area contributed by atoms with Gasteiger partial charge in [-0.2, -0.15) is 0 Å². The normalized spacial score (nSPS) is 35.5. The molecule has 0 aromatic carbocycles. The highest BCUT2D eigenvalue weighted by molar-refractivity contribution is 4.90. The maximum absolute atomic E-state index is 5.71. The zero-order valence-electron chi connectivity index (χ0n) is 11.7. The number of hydrogen-bond donors (Lipinski definition) is 1. The molecule has 100 valence electrons. The Hall–Kier alpha value is -0.120. The average molecular weight is 240 g/mol. The van der Waals surface area contributed by atoms with Gasteiger partial charge in [0, 0.05) is 32.3 Å². The smallest absolute Gasteiger partial charge is 0.0673 e.